The van der Waals surface area contributed by atoms with Crippen molar-refractivity contribution in [3.8, 4) is 5.75 Å². The number of hydrogen-bond donors (Lipinski definition) is 0. The third-order valence-corrected chi connectivity index (χ3v) is 3.56. The molecule has 6 nitrogen and oxygen atoms in total. The minimum absolute atomic E-state index is 0.138. The Balaban J connectivity index is 2.08. The van der Waals surface area contributed by atoms with Crippen molar-refractivity contribution < 1.29 is 19.1 Å². The second kappa shape index (κ2) is 6.70. The maximum atomic E-state index is 12.4. The van der Waals surface area contributed by atoms with Crippen LogP contribution >= 0.6 is 0 Å². The van der Waals surface area contributed by atoms with E-state index in [9.17, 15) is 14.4 Å². The first kappa shape index (κ1) is 16.2. The van der Waals surface area contributed by atoms with Gasteiger partial charge in [0.2, 0.25) is 11.8 Å². The molecule has 0 saturated carbocycles. The molecule has 1 aromatic rings. The molecule has 0 bridgehead atoms. The molecule has 0 aromatic heterocycles. The van der Waals surface area contributed by atoms with Crippen LogP contribution in [0.1, 0.15) is 24.8 Å². The summed E-state index contributed by atoms with van der Waals surface area (Å²) >= 11 is 0. The number of carbonyl (C=O) groups excluding carboxylic acids is 3. The number of rotatable bonds is 5. The number of imide groups is 1. The van der Waals surface area contributed by atoms with Gasteiger partial charge in [-0.05, 0) is 31.8 Å². The molecule has 1 heterocycles. The van der Waals surface area contributed by atoms with E-state index in [4.69, 9.17) is 4.74 Å². The number of amides is 2. The highest BCUT2D eigenvalue weighted by Gasteiger charge is 2.38. The summed E-state index contributed by atoms with van der Waals surface area (Å²) in [4.78, 5) is 38.5. The van der Waals surface area contributed by atoms with Crippen molar-refractivity contribution in [2.45, 2.75) is 19.3 Å². The molecule has 0 N–H and O–H groups in total. The Hall–Kier alpha value is -2.21. The van der Waals surface area contributed by atoms with E-state index in [1.165, 1.54) is 11.8 Å². The minimum atomic E-state index is -0.443. The van der Waals surface area contributed by atoms with E-state index in [0.717, 1.165) is 5.56 Å². The van der Waals surface area contributed by atoms with Crippen LogP contribution in [0.3, 0.4) is 0 Å². The number of nitrogens with zero attached hydrogens (tertiary/aromatic N) is 2. The molecule has 1 aromatic carbocycles. The number of likely N-dealkylation sites (tertiary alicyclic amines) is 1. The zero-order chi connectivity index (χ0) is 16.3. The normalized spacial score (nSPS) is 18.2. The fraction of sp³-hybridized carbons (Fsp3) is 0.438. The molecule has 22 heavy (non-hydrogen) atoms. The van der Waals surface area contributed by atoms with E-state index in [0.29, 0.717) is 18.8 Å². The van der Waals surface area contributed by atoms with E-state index in [1.807, 2.05) is 19.0 Å². The summed E-state index contributed by atoms with van der Waals surface area (Å²) in [7, 11) is 3.80. The van der Waals surface area contributed by atoms with Crippen LogP contribution in [0.15, 0.2) is 24.3 Å². The lowest BCUT2D eigenvalue weighted by Gasteiger charge is -2.17. The van der Waals surface area contributed by atoms with Crippen molar-refractivity contribution in [1.29, 1.82) is 0 Å². The van der Waals surface area contributed by atoms with Gasteiger partial charge < -0.3 is 9.64 Å². The van der Waals surface area contributed by atoms with Gasteiger partial charge in [-0.25, -0.2) is 0 Å². The van der Waals surface area contributed by atoms with Crippen LogP contribution in [0.4, 0.5) is 0 Å². The van der Waals surface area contributed by atoms with Crippen LogP contribution in [0.5, 0.6) is 5.75 Å². The number of likely N-dealkylation sites (N-methyl/N-ethyl adjacent to an activating group) is 1. The van der Waals surface area contributed by atoms with Crippen molar-refractivity contribution in [3.63, 3.8) is 0 Å². The minimum Gasteiger partial charge on any atom is -0.427 e. The summed E-state index contributed by atoms with van der Waals surface area (Å²) in [5.41, 5.74) is 0.765. The van der Waals surface area contributed by atoms with Crippen LogP contribution in [0, 0.1) is 0 Å². The molecule has 2 amide bonds. The monoisotopic (exact) mass is 304 g/mol. The maximum Gasteiger partial charge on any atom is 0.308 e. The molecule has 1 aliphatic rings. The van der Waals surface area contributed by atoms with Crippen LogP contribution in [0.2, 0.25) is 0 Å². The molecule has 2 rings (SSSR count). The first-order valence-corrected chi connectivity index (χ1v) is 7.16. The van der Waals surface area contributed by atoms with Gasteiger partial charge in [0.1, 0.15) is 5.75 Å². The Kier molecular flexibility index (Phi) is 4.92. The topological polar surface area (TPSA) is 66.9 Å². The highest BCUT2D eigenvalue weighted by Crippen LogP contribution is 2.30. The Morgan fingerprint density at radius 2 is 1.91 bits per heavy atom. The van der Waals surface area contributed by atoms with Crippen molar-refractivity contribution in [2.75, 3.05) is 27.2 Å². The number of carbonyl (C=O) groups is 3. The van der Waals surface area contributed by atoms with Gasteiger partial charge in [-0.1, -0.05) is 12.1 Å². The van der Waals surface area contributed by atoms with Crippen LogP contribution in [-0.2, 0) is 14.4 Å². The molecule has 1 atom stereocenters. The Labute approximate surface area is 129 Å². The highest BCUT2D eigenvalue weighted by atomic mass is 16.5. The Bertz CT molecular complexity index is 580. The lowest BCUT2D eigenvalue weighted by molar-refractivity contribution is -0.139. The zero-order valence-corrected chi connectivity index (χ0v) is 13.0. The Morgan fingerprint density at radius 3 is 2.45 bits per heavy atom. The van der Waals surface area contributed by atoms with Crippen LogP contribution < -0.4 is 4.74 Å². The fourth-order valence-corrected chi connectivity index (χ4v) is 2.41. The summed E-state index contributed by atoms with van der Waals surface area (Å²) in [6.07, 6.45) is 0.194. The lowest BCUT2D eigenvalue weighted by Crippen LogP contribution is -2.36. The quantitative estimate of drug-likeness (QED) is 0.461. The van der Waals surface area contributed by atoms with Crippen molar-refractivity contribution >= 4 is 17.8 Å². The fourth-order valence-electron chi connectivity index (χ4n) is 2.41. The highest BCUT2D eigenvalue weighted by molar-refractivity contribution is 6.06. The second-order valence-corrected chi connectivity index (χ2v) is 5.61. The molecule has 0 aliphatic carbocycles. The number of hydrogen-bond acceptors (Lipinski definition) is 5. The predicted octanol–water partition coefficient (Wildman–Crippen LogP) is 1.02. The van der Waals surface area contributed by atoms with E-state index in [2.05, 4.69) is 0 Å². The molecular weight excluding hydrogens is 284 g/mol. The maximum absolute atomic E-state index is 12.4. The molecule has 0 unspecified atom stereocenters. The zero-order valence-electron chi connectivity index (χ0n) is 13.0. The van der Waals surface area contributed by atoms with Gasteiger partial charge in [0.05, 0.1) is 5.92 Å². The largest absolute Gasteiger partial charge is 0.427 e. The predicted molar refractivity (Wildman–Crippen MR) is 80.4 cm³/mol. The molecule has 118 valence electrons. The van der Waals surface area contributed by atoms with Gasteiger partial charge in [0.25, 0.3) is 0 Å². The van der Waals surface area contributed by atoms with Crippen LogP contribution in [-0.4, -0.2) is 54.8 Å². The summed E-state index contributed by atoms with van der Waals surface area (Å²) in [5.74, 6) is -0.707. The van der Waals surface area contributed by atoms with Gasteiger partial charge in [-0.3, -0.25) is 19.3 Å². The molecule has 0 radical (unpaired) electrons. The molecule has 1 fully saturated rings. The standard InChI is InChI=1S/C16H20N2O4/c1-11(19)22-13-6-4-12(5-7-13)14-10-15(20)18(16(14)21)9-8-17(2)3/h4-7,14H,8-10H2,1-3H3/t14-/m0/s1. The van der Waals surface area contributed by atoms with Gasteiger partial charge in [0, 0.05) is 26.4 Å². The SMILES string of the molecule is CC(=O)Oc1ccc([C@@H]2CC(=O)N(CCN(C)C)C2=O)cc1. The Morgan fingerprint density at radius 1 is 1.27 bits per heavy atom. The van der Waals surface area contributed by atoms with Crippen molar-refractivity contribution in [2.24, 2.45) is 0 Å². The van der Waals surface area contributed by atoms with Crippen molar-refractivity contribution in [3.05, 3.63) is 29.8 Å². The van der Waals surface area contributed by atoms with E-state index >= 15 is 0 Å². The third kappa shape index (κ3) is 3.71. The molecule has 6 heteroatoms. The molecule has 1 aliphatic heterocycles. The first-order valence-electron chi connectivity index (χ1n) is 7.16. The number of ether oxygens (including phenoxy) is 1. The van der Waals surface area contributed by atoms with E-state index < -0.39 is 11.9 Å². The first-order chi connectivity index (χ1) is 10.4. The number of esters is 1. The van der Waals surface area contributed by atoms with E-state index in [-0.39, 0.29) is 18.2 Å². The van der Waals surface area contributed by atoms with Crippen molar-refractivity contribution in [1.82, 2.24) is 9.80 Å². The van der Waals surface area contributed by atoms with Gasteiger partial charge in [-0.15, -0.1) is 0 Å². The smallest absolute Gasteiger partial charge is 0.308 e. The summed E-state index contributed by atoms with van der Waals surface area (Å²) in [6.45, 7) is 2.39. The van der Waals surface area contributed by atoms with E-state index in [1.54, 1.807) is 24.3 Å². The van der Waals surface area contributed by atoms with Crippen LogP contribution in [0.25, 0.3) is 0 Å². The summed E-state index contributed by atoms with van der Waals surface area (Å²) < 4.78 is 4.96. The van der Waals surface area contributed by atoms with Gasteiger partial charge in [0.15, 0.2) is 0 Å². The third-order valence-electron chi connectivity index (χ3n) is 3.56. The lowest BCUT2D eigenvalue weighted by atomic mass is 9.97. The molecular formula is C16H20N2O4. The average Bonchev–Trinajstić information content (AvgIpc) is 2.72. The van der Waals surface area contributed by atoms with Gasteiger partial charge in [-0.2, -0.15) is 0 Å². The molecule has 1 saturated heterocycles. The summed E-state index contributed by atoms with van der Waals surface area (Å²) in [6, 6.07) is 6.72. The average molecular weight is 304 g/mol. The number of benzene rings is 1. The van der Waals surface area contributed by atoms with Gasteiger partial charge >= 0.3 is 5.97 Å². The molecule has 0 spiro atoms. The summed E-state index contributed by atoms with van der Waals surface area (Å²) in [5, 5.41) is 0. The second-order valence-electron chi connectivity index (χ2n) is 5.61.